The van der Waals surface area contributed by atoms with Crippen LogP contribution in [0.5, 0.6) is 0 Å². The zero-order valence-electron chi connectivity index (χ0n) is 10.8. The minimum absolute atomic E-state index is 0.0431. The number of carboxylic acids is 1. The Hall–Kier alpha value is -1.11. The van der Waals surface area contributed by atoms with E-state index in [4.69, 9.17) is 11.5 Å². The number of hydrogen-bond acceptors (Lipinski definition) is 3. The Morgan fingerprint density at radius 3 is 2.70 bits per heavy atom. The predicted octanol–water partition coefficient (Wildman–Crippen LogP) is 2.07. The van der Waals surface area contributed by atoms with Gasteiger partial charge in [-0.05, 0) is 47.2 Å². The lowest BCUT2D eigenvalue weighted by Gasteiger charge is -2.15. The highest BCUT2D eigenvalue weighted by molar-refractivity contribution is 14.1. The van der Waals surface area contributed by atoms with Crippen LogP contribution in [0.4, 0.5) is 0 Å². The number of carboxylic acid groups (broad SMARTS) is 1. The maximum absolute atomic E-state index is 12.2. The maximum atomic E-state index is 12.2. The van der Waals surface area contributed by atoms with Crippen LogP contribution in [0.15, 0.2) is 23.1 Å². The molecule has 1 atom stereocenters. The van der Waals surface area contributed by atoms with Crippen LogP contribution in [0.25, 0.3) is 0 Å². The van der Waals surface area contributed by atoms with Gasteiger partial charge >= 0.3 is 5.97 Å². The van der Waals surface area contributed by atoms with Gasteiger partial charge in [-0.3, -0.25) is 0 Å². The lowest BCUT2D eigenvalue weighted by molar-refractivity contribution is 0.0695. The van der Waals surface area contributed by atoms with E-state index >= 15 is 0 Å². The van der Waals surface area contributed by atoms with Crippen molar-refractivity contribution in [1.29, 1.82) is 0 Å². The number of halogens is 1. The summed E-state index contributed by atoms with van der Waals surface area (Å²) in [5.41, 5.74) is -0.0431. The molecule has 0 radical (unpaired) electrons. The number of rotatable bonds is 6. The van der Waals surface area contributed by atoms with Crippen molar-refractivity contribution in [2.45, 2.75) is 30.7 Å². The molecule has 0 amide bonds. The van der Waals surface area contributed by atoms with Gasteiger partial charge in [0.05, 0.1) is 10.5 Å². The van der Waals surface area contributed by atoms with Crippen LogP contribution >= 0.6 is 22.6 Å². The van der Waals surface area contributed by atoms with Crippen LogP contribution in [-0.4, -0.2) is 25.5 Å². The molecule has 7 heteroatoms. The molecule has 5 nitrogen and oxygen atoms in total. The highest BCUT2D eigenvalue weighted by Gasteiger charge is 2.21. The van der Waals surface area contributed by atoms with E-state index in [1.54, 1.807) is 0 Å². The van der Waals surface area contributed by atoms with Gasteiger partial charge in [-0.25, -0.2) is 17.9 Å². The molecule has 0 saturated heterocycles. The third kappa shape index (κ3) is 4.19. The fourth-order valence-corrected chi connectivity index (χ4v) is 3.45. The number of benzene rings is 1. The average molecular weight is 407 g/mol. The second kappa shape index (κ2) is 7.06. The molecule has 0 fully saturated rings. The molecular weight excluding hydrogens is 393 g/mol. The van der Waals surface area contributed by atoms with Crippen LogP contribution in [0.2, 0.25) is 0 Å². The molecule has 0 aliphatic rings. The van der Waals surface area contributed by atoms with Crippen molar-refractivity contribution in [3.63, 3.8) is 0 Å². The van der Waals surface area contributed by atoms with Gasteiger partial charge < -0.3 is 5.11 Å². The molecule has 1 aromatic carbocycles. The largest absolute Gasteiger partial charge is 0.478 e. The van der Waals surface area contributed by atoms with Crippen molar-refractivity contribution in [1.82, 2.24) is 4.72 Å². The van der Waals surface area contributed by atoms with E-state index < -0.39 is 16.0 Å². The molecular formula is C13H14INO4S. The topological polar surface area (TPSA) is 83.5 Å². The Kier molecular flexibility index (Phi) is 5.98. The lowest BCUT2D eigenvalue weighted by atomic mass is 10.2. The lowest BCUT2D eigenvalue weighted by Crippen LogP contribution is -2.34. The first-order valence-corrected chi connectivity index (χ1v) is 8.36. The first-order chi connectivity index (χ1) is 9.31. The molecule has 2 N–H and O–H groups in total. The Morgan fingerprint density at radius 2 is 2.20 bits per heavy atom. The van der Waals surface area contributed by atoms with Crippen LogP contribution in [0.1, 0.15) is 30.1 Å². The molecule has 0 spiro atoms. The molecule has 1 rings (SSSR count). The molecule has 20 heavy (non-hydrogen) atoms. The zero-order valence-corrected chi connectivity index (χ0v) is 13.7. The average Bonchev–Trinajstić information content (AvgIpc) is 2.37. The Bertz CT molecular complexity index is 649. The Labute approximate surface area is 132 Å². The number of sulfonamides is 1. The van der Waals surface area contributed by atoms with E-state index in [1.807, 2.05) is 29.5 Å². The van der Waals surface area contributed by atoms with Gasteiger partial charge in [-0.1, -0.05) is 6.92 Å². The second-order valence-electron chi connectivity index (χ2n) is 4.08. The summed E-state index contributed by atoms with van der Waals surface area (Å²) in [7, 11) is -3.78. The third-order valence-corrected chi connectivity index (χ3v) is 5.12. The Balaban J connectivity index is 3.13. The smallest absolute Gasteiger partial charge is 0.336 e. The fourth-order valence-electron chi connectivity index (χ4n) is 1.53. The van der Waals surface area contributed by atoms with E-state index in [-0.39, 0.29) is 22.9 Å². The normalized spacial score (nSPS) is 12.7. The quantitative estimate of drug-likeness (QED) is 0.559. The Morgan fingerprint density at radius 1 is 1.55 bits per heavy atom. The number of terminal acetylenes is 1. The third-order valence-electron chi connectivity index (χ3n) is 2.66. The summed E-state index contributed by atoms with van der Waals surface area (Å²) >= 11 is 1.84. The highest BCUT2D eigenvalue weighted by atomic mass is 127. The van der Waals surface area contributed by atoms with Crippen LogP contribution < -0.4 is 4.72 Å². The highest BCUT2D eigenvalue weighted by Crippen LogP contribution is 2.18. The van der Waals surface area contributed by atoms with E-state index in [0.717, 1.165) is 6.07 Å². The molecule has 1 aromatic rings. The van der Waals surface area contributed by atoms with Gasteiger partial charge in [0.1, 0.15) is 0 Å². The van der Waals surface area contributed by atoms with Gasteiger partial charge in [0, 0.05) is 16.0 Å². The molecule has 0 aromatic heterocycles. The van der Waals surface area contributed by atoms with Crippen LogP contribution in [0, 0.1) is 15.9 Å². The van der Waals surface area contributed by atoms with Crippen molar-refractivity contribution in [2.24, 2.45) is 0 Å². The van der Waals surface area contributed by atoms with E-state index in [2.05, 4.69) is 10.6 Å². The van der Waals surface area contributed by atoms with Gasteiger partial charge in [0.15, 0.2) is 0 Å². The second-order valence-corrected chi connectivity index (χ2v) is 6.96. The summed E-state index contributed by atoms with van der Waals surface area (Å²) in [4.78, 5) is 11.0. The number of nitrogens with one attached hydrogen (secondary N) is 1. The van der Waals surface area contributed by atoms with Crippen molar-refractivity contribution in [3.05, 3.63) is 27.3 Å². The van der Waals surface area contributed by atoms with E-state index in [1.165, 1.54) is 12.1 Å². The molecule has 0 saturated carbocycles. The zero-order chi connectivity index (χ0) is 15.3. The maximum Gasteiger partial charge on any atom is 0.336 e. The summed E-state index contributed by atoms with van der Waals surface area (Å²) in [5, 5.41) is 9.02. The van der Waals surface area contributed by atoms with Gasteiger partial charge in [0.2, 0.25) is 10.0 Å². The summed E-state index contributed by atoms with van der Waals surface area (Å²) in [6.07, 6.45) is 6.02. The van der Waals surface area contributed by atoms with Crippen molar-refractivity contribution >= 4 is 38.6 Å². The number of aromatic carboxylic acids is 1. The van der Waals surface area contributed by atoms with Crippen LogP contribution in [-0.2, 0) is 10.0 Å². The fraction of sp³-hybridized carbons (Fsp3) is 0.308. The van der Waals surface area contributed by atoms with Gasteiger partial charge in [-0.2, -0.15) is 0 Å². The van der Waals surface area contributed by atoms with E-state index in [0.29, 0.717) is 9.99 Å². The molecule has 1 unspecified atom stereocenters. The number of hydrogen-bond donors (Lipinski definition) is 2. The summed E-state index contributed by atoms with van der Waals surface area (Å²) in [6.45, 7) is 1.82. The van der Waals surface area contributed by atoms with Crippen molar-refractivity contribution in [3.8, 4) is 12.3 Å². The minimum Gasteiger partial charge on any atom is -0.478 e. The molecule has 0 heterocycles. The monoisotopic (exact) mass is 407 g/mol. The van der Waals surface area contributed by atoms with Crippen molar-refractivity contribution < 1.29 is 18.3 Å². The number of carbonyl (C=O) groups is 1. The standard InChI is InChI=1S/C13H14INO4S/c1-3-5-9(4-2)15-20(18,19)10-6-7-12(14)11(8-10)13(16)17/h1,6-9,15H,4-5H2,2H3,(H,16,17). The molecule has 0 bridgehead atoms. The molecule has 0 aliphatic carbocycles. The predicted molar refractivity (Wildman–Crippen MR) is 84.0 cm³/mol. The van der Waals surface area contributed by atoms with Gasteiger partial charge in [0.25, 0.3) is 0 Å². The first kappa shape index (κ1) is 16.9. The van der Waals surface area contributed by atoms with E-state index in [9.17, 15) is 13.2 Å². The van der Waals surface area contributed by atoms with Gasteiger partial charge in [-0.15, -0.1) is 12.3 Å². The minimum atomic E-state index is -3.78. The summed E-state index contributed by atoms with van der Waals surface area (Å²) < 4.78 is 27.3. The summed E-state index contributed by atoms with van der Waals surface area (Å²) in [6, 6.07) is 3.62. The molecule has 108 valence electrons. The first-order valence-electron chi connectivity index (χ1n) is 5.80. The summed E-state index contributed by atoms with van der Waals surface area (Å²) in [5.74, 6) is 1.24. The molecule has 0 aliphatic heterocycles. The SMILES string of the molecule is C#CCC(CC)NS(=O)(=O)c1ccc(I)c(C(=O)O)c1. The van der Waals surface area contributed by atoms with Crippen LogP contribution in [0.3, 0.4) is 0 Å². The van der Waals surface area contributed by atoms with Crippen molar-refractivity contribution in [2.75, 3.05) is 0 Å².